The fourth-order valence-electron chi connectivity index (χ4n) is 5.42. The van der Waals surface area contributed by atoms with Gasteiger partial charge in [0, 0.05) is 11.1 Å². The second kappa shape index (κ2) is 21.3. The fourth-order valence-corrected chi connectivity index (χ4v) is 6.32. The van der Waals surface area contributed by atoms with Gasteiger partial charge in [-0.05, 0) is 61.2 Å². The van der Waals surface area contributed by atoms with Gasteiger partial charge in [-0.1, -0.05) is 123 Å². The summed E-state index contributed by atoms with van der Waals surface area (Å²) >= 11 is 6.26. The third-order valence-corrected chi connectivity index (χ3v) is 9.75. The van der Waals surface area contributed by atoms with E-state index in [1.165, 1.54) is 82.1 Å². The lowest BCUT2D eigenvalue weighted by molar-refractivity contribution is -0.130. The van der Waals surface area contributed by atoms with Crippen molar-refractivity contribution in [2.45, 2.75) is 148 Å². The molecule has 0 aliphatic rings. The summed E-state index contributed by atoms with van der Waals surface area (Å²) < 4.78 is 40.0. The number of ether oxygens (including phenoxy) is 1. The zero-order chi connectivity index (χ0) is 36.5. The third kappa shape index (κ3) is 16.1. The zero-order valence-corrected chi connectivity index (χ0v) is 31.6. The van der Waals surface area contributed by atoms with Gasteiger partial charge in [0.1, 0.15) is 11.5 Å². The lowest BCUT2D eigenvalue weighted by atomic mass is 9.89. The van der Waals surface area contributed by atoms with E-state index in [1.807, 2.05) is 0 Å². The first-order valence-corrected chi connectivity index (χ1v) is 19.7. The number of unbranched alkanes of at least 4 members (excludes halogenated alkanes) is 12. The minimum atomic E-state index is -4.43. The number of hydrogen-bond acceptors (Lipinski definition) is 6. The molecule has 9 nitrogen and oxygen atoms in total. The molecule has 2 aromatic rings. The van der Waals surface area contributed by atoms with Crippen molar-refractivity contribution in [2.24, 2.45) is 5.41 Å². The highest BCUT2D eigenvalue weighted by molar-refractivity contribution is 7.85. The van der Waals surface area contributed by atoms with Gasteiger partial charge in [-0.25, -0.2) is 0 Å². The van der Waals surface area contributed by atoms with Crippen molar-refractivity contribution in [1.29, 1.82) is 0 Å². The van der Waals surface area contributed by atoms with E-state index in [0.717, 1.165) is 25.7 Å². The van der Waals surface area contributed by atoms with E-state index < -0.39 is 33.5 Å². The van der Waals surface area contributed by atoms with Crippen molar-refractivity contribution in [3.8, 4) is 5.75 Å². The number of halogens is 1. The number of rotatable bonds is 23. The average Bonchev–Trinajstić information content (AvgIpc) is 3.02. The fraction of sp³-hybridized carbons (Fsp3) is 0.605. The van der Waals surface area contributed by atoms with Gasteiger partial charge in [0.25, 0.3) is 16.0 Å². The second-order valence-electron chi connectivity index (χ2n) is 13.8. The minimum absolute atomic E-state index is 0.156. The Labute approximate surface area is 299 Å². The molecule has 2 amide bonds. The molecule has 3 N–H and O–H groups in total. The molecule has 11 heteroatoms. The maximum absolute atomic E-state index is 13.2. The number of carbonyl (C=O) groups is 3. The lowest BCUT2D eigenvalue weighted by Crippen LogP contribution is -2.32. The maximum atomic E-state index is 13.2. The van der Waals surface area contributed by atoms with Crippen LogP contribution in [0.2, 0.25) is 5.02 Å². The standard InChI is InChI=1S/C38H57ClN2O7S/c1-6-8-9-10-11-12-13-14-15-16-17-18-19-20-28-25-30(22-24-34(28)49(45,46)47)48-33(7-2)37(44)40-29-21-23-31(39)32(26-29)41-36(43)27-35(42)38(3,4)5/h21-26,33H,6-20,27H2,1-5H3,(H,40,44)(H,41,43)(H,45,46,47). The minimum Gasteiger partial charge on any atom is -0.481 e. The second-order valence-corrected chi connectivity index (χ2v) is 15.6. The summed E-state index contributed by atoms with van der Waals surface area (Å²) in [6.07, 6.45) is 15.1. The molecule has 0 heterocycles. The first kappa shape index (κ1) is 42.2. The Kier molecular flexibility index (Phi) is 18.4. The van der Waals surface area contributed by atoms with E-state index in [4.69, 9.17) is 16.3 Å². The molecular formula is C38H57ClN2O7S. The van der Waals surface area contributed by atoms with Crippen LogP contribution in [0.15, 0.2) is 41.3 Å². The van der Waals surface area contributed by atoms with Crippen LogP contribution >= 0.6 is 11.6 Å². The number of nitrogens with one attached hydrogen (secondary N) is 2. The van der Waals surface area contributed by atoms with Crippen molar-refractivity contribution in [3.05, 3.63) is 47.0 Å². The van der Waals surface area contributed by atoms with E-state index in [1.54, 1.807) is 39.8 Å². The Hall–Kier alpha value is -2.95. The van der Waals surface area contributed by atoms with Crippen LogP contribution in [0.5, 0.6) is 5.75 Å². The molecule has 0 saturated carbocycles. The molecule has 1 atom stereocenters. The van der Waals surface area contributed by atoms with Crippen LogP contribution in [0.3, 0.4) is 0 Å². The van der Waals surface area contributed by atoms with Crippen LogP contribution in [-0.4, -0.2) is 36.7 Å². The zero-order valence-electron chi connectivity index (χ0n) is 30.0. The van der Waals surface area contributed by atoms with E-state index >= 15 is 0 Å². The molecule has 0 aliphatic carbocycles. The highest BCUT2D eigenvalue weighted by Gasteiger charge is 2.25. The summed E-state index contributed by atoms with van der Waals surface area (Å²) in [6.45, 7) is 9.23. The van der Waals surface area contributed by atoms with Gasteiger partial charge in [0.15, 0.2) is 6.10 Å². The maximum Gasteiger partial charge on any atom is 0.294 e. The van der Waals surface area contributed by atoms with Gasteiger partial charge < -0.3 is 15.4 Å². The van der Waals surface area contributed by atoms with Gasteiger partial charge in [0.05, 0.1) is 22.0 Å². The van der Waals surface area contributed by atoms with Crippen molar-refractivity contribution in [3.63, 3.8) is 0 Å². The molecule has 0 aliphatic heterocycles. The Balaban J connectivity index is 1.95. The largest absolute Gasteiger partial charge is 0.481 e. The van der Waals surface area contributed by atoms with Crippen molar-refractivity contribution in [1.82, 2.24) is 0 Å². The molecule has 1 unspecified atom stereocenters. The summed E-state index contributed by atoms with van der Waals surface area (Å²) in [7, 11) is -4.43. The first-order valence-electron chi connectivity index (χ1n) is 17.9. The number of amides is 2. The number of anilines is 2. The van der Waals surface area contributed by atoms with E-state index in [0.29, 0.717) is 29.8 Å². The molecule has 0 saturated heterocycles. The molecule has 2 aromatic carbocycles. The quantitative estimate of drug-likeness (QED) is 0.0590. The first-order chi connectivity index (χ1) is 23.1. The predicted octanol–water partition coefficient (Wildman–Crippen LogP) is 9.96. The van der Waals surface area contributed by atoms with Gasteiger partial charge in [-0.3, -0.25) is 18.9 Å². The Morgan fingerprint density at radius 3 is 1.92 bits per heavy atom. The normalized spacial score (nSPS) is 12.4. The van der Waals surface area contributed by atoms with Gasteiger partial charge in [-0.2, -0.15) is 8.42 Å². The summed E-state index contributed by atoms with van der Waals surface area (Å²) in [6, 6.07) is 8.93. The summed E-state index contributed by atoms with van der Waals surface area (Å²) in [4.78, 5) is 37.8. The molecule has 274 valence electrons. The summed E-state index contributed by atoms with van der Waals surface area (Å²) in [5.74, 6) is -0.873. The highest BCUT2D eigenvalue weighted by atomic mass is 35.5. The molecule has 0 bridgehead atoms. The van der Waals surface area contributed by atoms with Crippen LogP contribution in [-0.2, 0) is 30.9 Å². The predicted molar refractivity (Wildman–Crippen MR) is 198 cm³/mol. The smallest absolute Gasteiger partial charge is 0.294 e. The van der Waals surface area contributed by atoms with Crippen molar-refractivity contribution >= 4 is 50.7 Å². The molecule has 2 rings (SSSR count). The highest BCUT2D eigenvalue weighted by Crippen LogP contribution is 2.28. The molecule has 0 spiro atoms. The van der Waals surface area contributed by atoms with Gasteiger partial charge >= 0.3 is 0 Å². The van der Waals surface area contributed by atoms with Crippen LogP contribution in [0.4, 0.5) is 11.4 Å². The lowest BCUT2D eigenvalue weighted by Gasteiger charge is -2.19. The van der Waals surface area contributed by atoms with Crippen molar-refractivity contribution < 1.29 is 32.1 Å². The number of benzene rings is 2. The topological polar surface area (TPSA) is 139 Å². The SMILES string of the molecule is CCCCCCCCCCCCCCCc1cc(OC(CC)C(=O)Nc2ccc(Cl)c(NC(=O)CC(=O)C(C)(C)C)c2)ccc1S(=O)(=O)O. The summed E-state index contributed by atoms with van der Waals surface area (Å²) in [5, 5.41) is 5.65. The van der Waals surface area contributed by atoms with E-state index in [9.17, 15) is 27.4 Å². The molecule has 0 fully saturated rings. The number of ketones is 1. The summed E-state index contributed by atoms with van der Waals surface area (Å²) in [5.41, 5.74) is 0.393. The molecular weight excluding hydrogens is 664 g/mol. The Morgan fingerprint density at radius 2 is 1.39 bits per heavy atom. The third-order valence-electron chi connectivity index (χ3n) is 8.47. The van der Waals surface area contributed by atoms with Gasteiger partial charge in [-0.15, -0.1) is 0 Å². The number of Topliss-reactive ketones (excluding diaryl/α,β-unsaturated/α-hetero) is 1. The molecule has 0 aromatic heterocycles. The van der Waals surface area contributed by atoms with Crippen LogP contribution < -0.4 is 15.4 Å². The Morgan fingerprint density at radius 1 is 0.816 bits per heavy atom. The van der Waals surface area contributed by atoms with Crippen LogP contribution in [0.25, 0.3) is 0 Å². The molecule has 49 heavy (non-hydrogen) atoms. The number of hydrogen-bond donors (Lipinski definition) is 3. The number of carbonyl (C=O) groups excluding carboxylic acids is 3. The average molecular weight is 721 g/mol. The van der Waals surface area contributed by atoms with Gasteiger partial charge in [0.2, 0.25) is 5.91 Å². The molecule has 0 radical (unpaired) electrons. The Bertz CT molecular complexity index is 1470. The monoisotopic (exact) mass is 720 g/mol. The number of aryl methyl sites for hydroxylation is 1. The van der Waals surface area contributed by atoms with Crippen molar-refractivity contribution in [2.75, 3.05) is 10.6 Å². The van der Waals surface area contributed by atoms with E-state index in [2.05, 4.69) is 17.6 Å². The van der Waals surface area contributed by atoms with E-state index in [-0.39, 0.29) is 27.8 Å². The van der Waals surface area contributed by atoms with Crippen LogP contribution in [0.1, 0.15) is 136 Å². The van der Waals surface area contributed by atoms with Crippen LogP contribution in [0, 0.1) is 5.41 Å².